The molecule has 27 heavy (non-hydrogen) atoms. The molecule has 0 bridgehead atoms. The molecule has 2 nitrogen and oxygen atoms in total. The van der Waals surface area contributed by atoms with E-state index in [1.54, 1.807) is 0 Å². The Morgan fingerprint density at radius 1 is 0.889 bits per heavy atom. The van der Waals surface area contributed by atoms with Crippen molar-refractivity contribution < 1.29 is 4.79 Å². The Bertz CT molecular complexity index is 1100. The number of ketones is 1. The Hall–Kier alpha value is -2.84. The average Bonchev–Trinajstić information content (AvgIpc) is 3.04. The number of rotatable bonds is 5. The maximum Gasteiger partial charge on any atom is 0.163 e. The molecule has 3 aromatic carbocycles. The first kappa shape index (κ1) is 17.6. The second-order valence-corrected chi connectivity index (χ2v) is 7.19. The maximum atomic E-state index is 13.0. The minimum atomic E-state index is -0.0995. The van der Waals surface area contributed by atoms with Gasteiger partial charge in [0.15, 0.2) is 5.78 Å². The maximum absolute atomic E-state index is 13.0. The number of Topliss-reactive ketones (excluding diaryl/α,β-unsaturated/α-hetero) is 1. The van der Waals surface area contributed by atoms with Gasteiger partial charge in [0.25, 0.3) is 0 Å². The number of para-hydroxylation sites is 1. The Balaban J connectivity index is 1.84. The van der Waals surface area contributed by atoms with E-state index in [4.69, 9.17) is 11.6 Å². The molecule has 0 aliphatic carbocycles. The van der Waals surface area contributed by atoms with Crippen LogP contribution in [-0.2, 0) is 7.05 Å². The van der Waals surface area contributed by atoms with Crippen LogP contribution in [0, 0.1) is 0 Å². The Morgan fingerprint density at radius 2 is 1.56 bits per heavy atom. The first-order valence-corrected chi connectivity index (χ1v) is 9.39. The number of hydrogen-bond donors (Lipinski definition) is 0. The Labute approximate surface area is 164 Å². The highest BCUT2D eigenvalue weighted by Gasteiger charge is 2.24. The number of halogens is 1. The molecule has 0 aliphatic rings. The molecule has 3 heteroatoms. The number of fused-ring (bicyclic) bond motifs is 1. The van der Waals surface area contributed by atoms with E-state index in [1.807, 2.05) is 73.8 Å². The summed E-state index contributed by atoms with van der Waals surface area (Å²) in [5.41, 5.74) is 4.00. The van der Waals surface area contributed by atoms with Crippen LogP contribution in [0.25, 0.3) is 10.9 Å². The van der Waals surface area contributed by atoms with Crippen LogP contribution < -0.4 is 0 Å². The molecular weight excluding hydrogens is 354 g/mol. The van der Waals surface area contributed by atoms with Crippen LogP contribution in [0.4, 0.5) is 0 Å². The number of aromatic nitrogens is 1. The van der Waals surface area contributed by atoms with E-state index >= 15 is 0 Å². The third-order valence-electron chi connectivity index (χ3n) is 5.07. The van der Waals surface area contributed by atoms with Crippen LogP contribution in [0.1, 0.15) is 33.8 Å². The largest absolute Gasteiger partial charge is 0.350 e. The van der Waals surface area contributed by atoms with Crippen LogP contribution in [0.2, 0.25) is 5.02 Å². The van der Waals surface area contributed by atoms with Crippen LogP contribution in [0.3, 0.4) is 0 Å². The van der Waals surface area contributed by atoms with E-state index in [0.717, 1.165) is 27.6 Å². The summed E-state index contributed by atoms with van der Waals surface area (Å²) >= 11 is 6.54. The molecule has 134 valence electrons. The molecule has 4 rings (SSSR count). The number of carbonyl (C=O) groups excluding carboxylic acids is 1. The van der Waals surface area contributed by atoms with Gasteiger partial charge in [-0.05, 0) is 23.3 Å². The SMILES string of the molecule is Cn1cc(C(CC(=O)c2ccccc2)c2ccccc2Cl)c2ccccc21. The summed E-state index contributed by atoms with van der Waals surface area (Å²) in [4.78, 5) is 13.0. The second kappa shape index (κ2) is 7.42. The molecule has 1 heterocycles. The highest BCUT2D eigenvalue weighted by molar-refractivity contribution is 6.31. The molecule has 0 amide bonds. The van der Waals surface area contributed by atoms with Crippen molar-refractivity contribution in [3.63, 3.8) is 0 Å². The van der Waals surface area contributed by atoms with Gasteiger partial charge in [-0.3, -0.25) is 4.79 Å². The van der Waals surface area contributed by atoms with Crippen molar-refractivity contribution in [3.05, 3.63) is 107 Å². The third-order valence-corrected chi connectivity index (χ3v) is 5.41. The standard InChI is InChI=1S/C24H20ClNO/c1-26-16-21(19-12-6-8-14-23(19)26)20(18-11-5-7-13-22(18)25)15-24(27)17-9-3-2-4-10-17/h2-14,16,20H,15H2,1H3. The number of hydrogen-bond acceptors (Lipinski definition) is 1. The van der Waals surface area contributed by atoms with Crippen molar-refractivity contribution in [2.24, 2.45) is 7.05 Å². The van der Waals surface area contributed by atoms with Crippen molar-refractivity contribution in [1.29, 1.82) is 0 Å². The predicted molar refractivity (Wildman–Crippen MR) is 112 cm³/mol. The Morgan fingerprint density at radius 3 is 2.33 bits per heavy atom. The summed E-state index contributed by atoms with van der Waals surface area (Å²) in [7, 11) is 2.04. The van der Waals surface area contributed by atoms with Gasteiger partial charge < -0.3 is 4.57 Å². The third kappa shape index (κ3) is 3.41. The summed E-state index contributed by atoms with van der Waals surface area (Å²) < 4.78 is 2.11. The highest BCUT2D eigenvalue weighted by Crippen LogP contribution is 2.38. The van der Waals surface area contributed by atoms with Gasteiger partial charge in [0, 0.05) is 47.1 Å². The topological polar surface area (TPSA) is 22.0 Å². The summed E-state index contributed by atoms with van der Waals surface area (Å²) in [6.45, 7) is 0. The second-order valence-electron chi connectivity index (χ2n) is 6.78. The van der Waals surface area contributed by atoms with E-state index in [2.05, 4.69) is 22.9 Å². The molecule has 0 spiro atoms. The van der Waals surface area contributed by atoms with Gasteiger partial charge in [0.05, 0.1) is 0 Å². The Kier molecular flexibility index (Phi) is 4.83. The monoisotopic (exact) mass is 373 g/mol. The van der Waals surface area contributed by atoms with Gasteiger partial charge in [-0.15, -0.1) is 0 Å². The van der Waals surface area contributed by atoms with Crippen molar-refractivity contribution in [1.82, 2.24) is 4.57 Å². The molecule has 0 saturated heterocycles. The predicted octanol–water partition coefficient (Wildman–Crippen LogP) is 6.24. The molecular formula is C24H20ClNO. The molecule has 1 aromatic heterocycles. The first-order chi connectivity index (χ1) is 13.1. The quantitative estimate of drug-likeness (QED) is 0.380. The summed E-state index contributed by atoms with van der Waals surface area (Å²) in [6, 6.07) is 25.6. The van der Waals surface area contributed by atoms with Crippen LogP contribution >= 0.6 is 11.6 Å². The minimum absolute atomic E-state index is 0.0995. The van der Waals surface area contributed by atoms with Gasteiger partial charge in [0.2, 0.25) is 0 Å². The van der Waals surface area contributed by atoms with Crippen LogP contribution in [-0.4, -0.2) is 10.4 Å². The molecule has 0 saturated carbocycles. The van der Waals surface area contributed by atoms with Gasteiger partial charge in [-0.1, -0.05) is 78.3 Å². The molecule has 0 aliphatic heterocycles. The molecule has 0 radical (unpaired) electrons. The van der Waals surface area contributed by atoms with E-state index in [-0.39, 0.29) is 11.7 Å². The van der Waals surface area contributed by atoms with Gasteiger partial charge >= 0.3 is 0 Å². The van der Waals surface area contributed by atoms with Crippen LogP contribution in [0.5, 0.6) is 0 Å². The number of nitrogens with zero attached hydrogens (tertiary/aromatic N) is 1. The van der Waals surface area contributed by atoms with E-state index in [9.17, 15) is 4.79 Å². The zero-order valence-corrected chi connectivity index (χ0v) is 15.9. The number of carbonyl (C=O) groups is 1. The summed E-state index contributed by atoms with van der Waals surface area (Å²) in [6.07, 6.45) is 2.50. The lowest BCUT2D eigenvalue weighted by molar-refractivity contribution is 0.0978. The zero-order chi connectivity index (χ0) is 18.8. The van der Waals surface area contributed by atoms with Crippen molar-refractivity contribution in [3.8, 4) is 0 Å². The fourth-order valence-electron chi connectivity index (χ4n) is 3.72. The van der Waals surface area contributed by atoms with Crippen LogP contribution in [0.15, 0.2) is 85.1 Å². The van der Waals surface area contributed by atoms with E-state index in [1.165, 1.54) is 0 Å². The van der Waals surface area contributed by atoms with Gasteiger partial charge in [-0.2, -0.15) is 0 Å². The molecule has 1 unspecified atom stereocenters. The number of benzene rings is 3. The molecule has 1 atom stereocenters. The smallest absolute Gasteiger partial charge is 0.163 e. The lowest BCUT2D eigenvalue weighted by Crippen LogP contribution is -2.09. The molecule has 4 aromatic rings. The number of aryl methyl sites for hydroxylation is 1. The average molecular weight is 374 g/mol. The summed E-state index contributed by atoms with van der Waals surface area (Å²) in [5.74, 6) is 0.0194. The first-order valence-electron chi connectivity index (χ1n) is 9.02. The summed E-state index contributed by atoms with van der Waals surface area (Å²) in [5, 5.41) is 1.85. The van der Waals surface area contributed by atoms with E-state index in [0.29, 0.717) is 11.4 Å². The zero-order valence-electron chi connectivity index (χ0n) is 15.1. The molecule has 0 fully saturated rings. The molecule has 0 N–H and O–H groups in total. The highest BCUT2D eigenvalue weighted by atomic mass is 35.5. The fraction of sp³-hybridized carbons (Fsp3) is 0.125. The fourth-order valence-corrected chi connectivity index (χ4v) is 3.99. The van der Waals surface area contributed by atoms with Gasteiger partial charge in [-0.25, -0.2) is 0 Å². The lowest BCUT2D eigenvalue weighted by atomic mass is 9.85. The van der Waals surface area contributed by atoms with E-state index < -0.39 is 0 Å². The minimum Gasteiger partial charge on any atom is -0.350 e. The van der Waals surface area contributed by atoms with Crippen molar-refractivity contribution in [2.75, 3.05) is 0 Å². The normalized spacial score (nSPS) is 12.2. The van der Waals surface area contributed by atoms with Gasteiger partial charge in [0.1, 0.15) is 0 Å². The van der Waals surface area contributed by atoms with Crippen molar-refractivity contribution >= 4 is 28.3 Å². The lowest BCUT2D eigenvalue weighted by Gasteiger charge is -2.18. The van der Waals surface area contributed by atoms with Crippen molar-refractivity contribution in [2.45, 2.75) is 12.3 Å².